The van der Waals surface area contributed by atoms with Gasteiger partial charge in [0.05, 0.1) is 6.20 Å². The van der Waals surface area contributed by atoms with Crippen molar-refractivity contribution in [2.24, 2.45) is 0 Å². The van der Waals surface area contributed by atoms with Gasteiger partial charge in [-0.1, -0.05) is 6.08 Å². The lowest BCUT2D eigenvalue weighted by molar-refractivity contribution is 1.07. The zero-order valence-corrected chi connectivity index (χ0v) is 6.49. The molecule has 1 N–H and O–H groups in total. The van der Waals surface area contributed by atoms with Crippen molar-refractivity contribution in [2.75, 3.05) is 0 Å². The Morgan fingerprint density at radius 1 is 1.58 bits per heavy atom. The van der Waals surface area contributed by atoms with Crippen molar-refractivity contribution in [1.29, 1.82) is 0 Å². The summed E-state index contributed by atoms with van der Waals surface area (Å²) in [5.41, 5.74) is 1.58. The van der Waals surface area contributed by atoms with E-state index in [1.165, 1.54) is 6.33 Å². The van der Waals surface area contributed by atoms with Crippen LogP contribution in [0.25, 0.3) is 11.2 Å². The smallest absolute Gasteiger partial charge is 0.160 e. The van der Waals surface area contributed by atoms with Crippen LogP contribution in [0.4, 0.5) is 0 Å². The lowest BCUT2D eigenvalue weighted by Gasteiger charge is -1.82. The number of rotatable bonds is 2. The fraction of sp³-hybridized carbons (Fsp3) is 0.125. The van der Waals surface area contributed by atoms with E-state index >= 15 is 0 Å². The molecule has 2 aromatic rings. The molecule has 0 aliphatic carbocycles. The first kappa shape index (κ1) is 6.97. The Kier molecular flexibility index (Phi) is 1.59. The van der Waals surface area contributed by atoms with Gasteiger partial charge in [0.2, 0.25) is 0 Å². The third kappa shape index (κ3) is 1.07. The maximum Gasteiger partial charge on any atom is 0.160 e. The number of hydrogen-bond donors (Lipinski definition) is 1. The van der Waals surface area contributed by atoms with Gasteiger partial charge in [-0.15, -0.1) is 6.58 Å². The molecule has 0 unspecified atom stereocenters. The SMILES string of the molecule is C=CCc1nc2cncnc2[nH]1. The number of H-pyrrole nitrogens is 1. The predicted octanol–water partition coefficient (Wildman–Crippen LogP) is 1.08. The van der Waals surface area contributed by atoms with Crippen LogP contribution in [0.1, 0.15) is 5.82 Å². The van der Waals surface area contributed by atoms with Crippen LogP contribution in [0.15, 0.2) is 25.2 Å². The normalized spacial score (nSPS) is 10.3. The van der Waals surface area contributed by atoms with E-state index in [4.69, 9.17) is 0 Å². The Balaban J connectivity index is 2.54. The number of nitrogens with one attached hydrogen (secondary N) is 1. The van der Waals surface area contributed by atoms with E-state index in [0.717, 1.165) is 23.4 Å². The zero-order chi connectivity index (χ0) is 8.39. The molecule has 0 bridgehead atoms. The summed E-state index contributed by atoms with van der Waals surface area (Å²) in [5, 5.41) is 0. The largest absolute Gasteiger partial charge is 0.326 e. The maximum atomic E-state index is 4.25. The Hall–Kier alpha value is -1.71. The van der Waals surface area contributed by atoms with E-state index < -0.39 is 0 Å². The molecule has 0 saturated heterocycles. The van der Waals surface area contributed by atoms with Gasteiger partial charge < -0.3 is 4.98 Å². The summed E-state index contributed by atoms with van der Waals surface area (Å²) >= 11 is 0. The molecule has 0 radical (unpaired) electrons. The molecule has 0 amide bonds. The Morgan fingerprint density at radius 3 is 3.25 bits per heavy atom. The van der Waals surface area contributed by atoms with Crippen LogP contribution in [-0.4, -0.2) is 19.9 Å². The van der Waals surface area contributed by atoms with E-state index in [1.54, 1.807) is 12.3 Å². The van der Waals surface area contributed by atoms with Crippen molar-refractivity contribution in [3.05, 3.63) is 31.0 Å². The highest BCUT2D eigenvalue weighted by molar-refractivity contribution is 5.68. The van der Waals surface area contributed by atoms with Crippen LogP contribution in [0.2, 0.25) is 0 Å². The van der Waals surface area contributed by atoms with Gasteiger partial charge in [0, 0.05) is 6.42 Å². The second kappa shape index (κ2) is 2.73. The highest BCUT2D eigenvalue weighted by atomic mass is 15.0. The average Bonchev–Trinajstić information content (AvgIpc) is 2.47. The molecule has 2 heterocycles. The molecular formula is C8H8N4. The Bertz CT molecular complexity index is 371. The van der Waals surface area contributed by atoms with E-state index in [2.05, 4.69) is 26.5 Å². The summed E-state index contributed by atoms with van der Waals surface area (Å²) < 4.78 is 0. The molecule has 2 rings (SSSR count). The topological polar surface area (TPSA) is 54.5 Å². The standard InChI is InChI=1S/C8H8N4/c1-2-3-7-11-6-4-9-5-10-8(6)12-7/h2,4-5H,1,3H2,(H,9,10,11,12). The summed E-state index contributed by atoms with van der Waals surface area (Å²) in [5.74, 6) is 0.875. The third-order valence-corrected chi connectivity index (χ3v) is 1.55. The van der Waals surface area contributed by atoms with E-state index in [9.17, 15) is 0 Å². The van der Waals surface area contributed by atoms with Crippen molar-refractivity contribution in [3.8, 4) is 0 Å². The van der Waals surface area contributed by atoms with Gasteiger partial charge in [0.25, 0.3) is 0 Å². The number of nitrogens with zero attached hydrogens (tertiary/aromatic N) is 3. The fourth-order valence-electron chi connectivity index (χ4n) is 1.04. The molecule has 0 saturated carbocycles. The molecule has 4 nitrogen and oxygen atoms in total. The fourth-order valence-corrected chi connectivity index (χ4v) is 1.04. The lowest BCUT2D eigenvalue weighted by Crippen LogP contribution is -1.81. The van der Waals surface area contributed by atoms with Gasteiger partial charge >= 0.3 is 0 Å². The van der Waals surface area contributed by atoms with Crippen LogP contribution >= 0.6 is 0 Å². The molecule has 12 heavy (non-hydrogen) atoms. The minimum absolute atomic E-state index is 0.733. The second-order valence-electron chi connectivity index (χ2n) is 2.43. The molecule has 0 aromatic carbocycles. The maximum absolute atomic E-state index is 4.25. The monoisotopic (exact) mass is 160 g/mol. The molecular weight excluding hydrogens is 152 g/mol. The summed E-state index contributed by atoms with van der Waals surface area (Å²) in [6, 6.07) is 0. The summed E-state index contributed by atoms with van der Waals surface area (Å²) in [4.78, 5) is 15.2. The molecule has 0 spiro atoms. The third-order valence-electron chi connectivity index (χ3n) is 1.55. The Labute approximate surface area is 69.4 Å². The quantitative estimate of drug-likeness (QED) is 0.669. The lowest BCUT2D eigenvalue weighted by atomic mass is 10.4. The molecule has 0 atom stereocenters. The van der Waals surface area contributed by atoms with Gasteiger partial charge in [-0.05, 0) is 0 Å². The predicted molar refractivity (Wildman–Crippen MR) is 45.6 cm³/mol. The van der Waals surface area contributed by atoms with E-state index in [0.29, 0.717) is 0 Å². The van der Waals surface area contributed by atoms with Gasteiger partial charge in [0.15, 0.2) is 5.65 Å². The van der Waals surface area contributed by atoms with Crippen molar-refractivity contribution in [3.63, 3.8) is 0 Å². The molecule has 60 valence electrons. The van der Waals surface area contributed by atoms with Crippen LogP contribution in [-0.2, 0) is 6.42 Å². The van der Waals surface area contributed by atoms with Gasteiger partial charge in [0.1, 0.15) is 17.7 Å². The summed E-state index contributed by atoms with van der Waals surface area (Å²) in [6.45, 7) is 3.63. The van der Waals surface area contributed by atoms with Crippen molar-refractivity contribution >= 4 is 11.2 Å². The first-order valence-corrected chi connectivity index (χ1v) is 3.65. The number of allylic oxidation sites excluding steroid dienone is 1. The van der Waals surface area contributed by atoms with Crippen LogP contribution < -0.4 is 0 Å². The van der Waals surface area contributed by atoms with Crippen molar-refractivity contribution in [2.45, 2.75) is 6.42 Å². The van der Waals surface area contributed by atoms with Crippen molar-refractivity contribution in [1.82, 2.24) is 19.9 Å². The first-order valence-electron chi connectivity index (χ1n) is 3.65. The zero-order valence-electron chi connectivity index (χ0n) is 6.49. The van der Waals surface area contributed by atoms with E-state index in [-0.39, 0.29) is 0 Å². The number of aromatic nitrogens is 4. The highest BCUT2D eigenvalue weighted by Crippen LogP contribution is 2.05. The molecule has 0 aliphatic heterocycles. The highest BCUT2D eigenvalue weighted by Gasteiger charge is 2.00. The van der Waals surface area contributed by atoms with E-state index in [1.807, 2.05) is 0 Å². The molecule has 2 aromatic heterocycles. The van der Waals surface area contributed by atoms with Crippen molar-refractivity contribution < 1.29 is 0 Å². The minimum atomic E-state index is 0.733. The molecule has 4 heteroatoms. The molecule has 0 aliphatic rings. The van der Waals surface area contributed by atoms with Crippen LogP contribution in [0.5, 0.6) is 0 Å². The number of hydrogen-bond acceptors (Lipinski definition) is 3. The minimum Gasteiger partial charge on any atom is -0.326 e. The first-order chi connectivity index (χ1) is 5.90. The van der Waals surface area contributed by atoms with Crippen LogP contribution in [0, 0.1) is 0 Å². The number of imidazole rings is 1. The summed E-state index contributed by atoms with van der Waals surface area (Å²) in [7, 11) is 0. The summed E-state index contributed by atoms with van der Waals surface area (Å²) in [6.07, 6.45) is 5.71. The molecule has 0 fully saturated rings. The average molecular weight is 160 g/mol. The van der Waals surface area contributed by atoms with Gasteiger partial charge in [-0.25, -0.2) is 15.0 Å². The number of aromatic amines is 1. The van der Waals surface area contributed by atoms with Gasteiger partial charge in [-0.3, -0.25) is 0 Å². The van der Waals surface area contributed by atoms with Crippen LogP contribution in [0.3, 0.4) is 0 Å². The number of fused-ring (bicyclic) bond motifs is 1. The van der Waals surface area contributed by atoms with Gasteiger partial charge in [-0.2, -0.15) is 0 Å². The second-order valence-corrected chi connectivity index (χ2v) is 2.43. The Morgan fingerprint density at radius 2 is 2.50 bits per heavy atom.